The number of carbonyl (C=O) groups is 3. The average molecular weight is 283 g/mol. The number of allylic oxidation sites excluding steroid dienone is 1. The van der Waals surface area contributed by atoms with Crippen molar-refractivity contribution >= 4 is 17.8 Å². The van der Waals surface area contributed by atoms with Gasteiger partial charge in [0.05, 0.1) is 5.56 Å². The molecule has 1 aromatic carbocycles. The number of rotatable bonds is 2. The summed E-state index contributed by atoms with van der Waals surface area (Å²) in [5.41, 5.74) is 1.55. The van der Waals surface area contributed by atoms with E-state index in [2.05, 4.69) is 18.4 Å². The van der Waals surface area contributed by atoms with E-state index in [-0.39, 0.29) is 18.4 Å². The predicted octanol–water partition coefficient (Wildman–Crippen LogP) is 1.75. The average Bonchev–Trinajstić information content (AvgIpc) is 2.78. The van der Waals surface area contributed by atoms with Crippen LogP contribution in [0.1, 0.15) is 34.3 Å². The monoisotopic (exact) mass is 283 g/mol. The topological polar surface area (TPSA) is 63.7 Å². The number of hydroxylamine groups is 2. The van der Waals surface area contributed by atoms with Crippen molar-refractivity contribution < 1.29 is 19.2 Å². The Balaban J connectivity index is 2.24. The molecule has 106 valence electrons. The largest absolute Gasteiger partial charge is 0.364 e. The highest BCUT2D eigenvalue weighted by Crippen LogP contribution is 2.17. The fourth-order valence-corrected chi connectivity index (χ4v) is 1.84. The van der Waals surface area contributed by atoms with Gasteiger partial charge in [0.2, 0.25) is 0 Å². The van der Waals surface area contributed by atoms with Gasteiger partial charge in [-0.1, -0.05) is 24.5 Å². The van der Waals surface area contributed by atoms with Crippen molar-refractivity contribution in [3.63, 3.8) is 0 Å². The Hall–Kier alpha value is -2.87. The van der Waals surface area contributed by atoms with Gasteiger partial charge in [0.25, 0.3) is 11.8 Å². The molecule has 0 unspecified atom stereocenters. The Bertz CT molecular complexity index is 678. The zero-order chi connectivity index (χ0) is 15.4. The quantitative estimate of drug-likeness (QED) is 0.613. The van der Waals surface area contributed by atoms with Crippen LogP contribution in [0.25, 0.3) is 0 Å². The number of amides is 2. The minimum Gasteiger partial charge on any atom is -0.325 e. The third-order valence-corrected chi connectivity index (χ3v) is 2.96. The summed E-state index contributed by atoms with van der Waals surface area (Å²) in [6.07, 6.45) is 1.57. The zero-order valence-corrected chi connectivity index (χ0v) is 11.5. The molecule has 2 amide bonds. The summed E-state index contributed by atoms with van der Waals surface area (Å²) in [5, 5.41) is 0.532. The molecule has 1 saturated heterocycles. The van der Waals surface area contributed by atoms with Crippen molar-refractivity contribution in [3.05, 3.63) is 47.5 Å². The molecule has 0 saturated carbocycles. The van der Waals surface area contributed by atoms with Crippen molar-refractivity contribution in [1.82, 2.24) is 5.06 Å². The van der Waals surface area contributed by atoms with Crippen LogP contribution >= 0.6 is 0 Å². The molecule has 1 fully saturated rings. The lowest BCUT2D eigenvalue weighted by Gasteiger charge is -2.13. The van der Waals surface area contributed by atoms with Gasteiger partial charge in [0.1, 0.15) is 0 Å². The predicted molar refractivity (Wildman–Crippen MR) is 74.8 cm³/mol. The molecule has 0 aliphatic carbocycles. The van der Waals surface area contributed by atoms with E-state index in [1.807, 2.05) is 0 Å². The summed E-state index contributed by atoms with van der Waals surface area (Å²) >= 11 is 0. The first-order valence-corrected chi connectivity index (χ1v) is 6.34. The van der Waals surface area contributed by atoms with Crippen LogP contribution in [0.15, 0.2) is 30.9 Å². The maximum absolute atomic E-state index is 12.1. The molecule has 2 rings (SSSR count). The fourth-order valence-electron chi connectivity index (χ4n) is 1.84. The number of imide groups is 1. The second-order valence-corrected chi connectivity index (χ2v) is 4.46. The smallest absolute Gasteiger partial charge is 0.325 e. The van der Waals surface area contributed by atoms with Gasteiger partial charge in [0, 0.05) is 18.4 Å². The third-order valence-electron chi connectivity index (χ3n) is 2.96. The molecule has 1 aliphatic rings. The number of benzene rings is 1. The molecular weight excluding hydrogens is 270 g/mol. The van der Waals surface area contributed by atoms with Crippen molar-refractivity contribution in [2.75, 3.05) is 0 Å². The Morgan fingerprint density at radius 1 is 1.33 bits per heavy atom. The van der Waals surface area contributed by atoms with E-state index in [0.717, 1.165) is 0 Å². The first kappa shape index (κ1) is 14.5. The molecular formula is C16H13NO4. The lowest BCUT2D eigenvalue weighted by molar-refractivity contribution is -0.172. The summed E-state index contributed by atoms with van der Waals surface area (Å²) in [6.45, 7) is 5.22. The van der Waals surface area contributed by atoms with Crippen molar-refractivity contribution in [1.29, 1.82) is 0 Å². The van der Waals surface area contributed by atoms with Crippen molar-refractivity contribution in [2.45, 2.75) is 19.8 Å². The molecule has 0 bridgehead atoms. The van der Waals surface area contributed by atoms with Crippen LogP contribution in [0.4, 0.5) is 0 Å². The summed E-state index contributed by atoms with van der Waals surface area (Å²) in [7, 11) is 0. The van der Waals surface area contributed by atoms with E-state index >= 15 is 0 Å². The number of nitrogens with zero attached hydrogens (tertiary/aromatic N) is 1. The zero-order valence-electron chi connectivity index (χ0n) is 11.5. The lowest BCUT2D eigenvalue weighted by Crippen LogP contribution is -2.32. The summed E-state index contributed by atoms with van der Waals surface area (Å²) in [4.78, 5) is 39.9. The van der Waals surface area contributed by atoms with Gasteiger partial charge in [0.15, 0.2) is 0 Å². The Morgan fingerprint density at radius 3 is 2.62 bits per heavy atom. The summed E-state index contributed by atoms with van der Waals surface area (Å²) in [5.74, 6) is 3.72. The maximum Gasteiger partial charge on any atom is 0.364 e. The Morgan fingerprint density at radius 2 is 2.00 bits per heavy atom. The number of hydrogen-bond donors (Lipinski definition) is 0. The van der Waals surface area contributed by atoms with E-state index in [1.165, 1.54) is 6.08 Å². The van der Waals surface area contributed by atoms with E-state index in [1.54, 1.807) is 25.1 Å². The maximum atomic E-state index is 12.1. The molecule has 0 aromatic heterocycles. The first-order valence-electron chi connectivity index (χ1n) is 6.34. The first-order chi connectivity index (χ1) is 10.0. The highest BCUT2D eigenvalue weighted by Gasteiger charge is 2.33. The molecule has 1 aliphatic heterocycles. The van der Waals surface area contributed by atoms with Gasteiger partial charge in [-0.05, 0) is 30.7 Å². The van der Waals surface area contributed by atoms with Crippen molar-refractivity contribution in [2.24, 2.45) is 0 Å². The molecule has 0 N–H and O–H groups in total. The number of carbonyl (C=O) groups excluding carboxylic acids is 3. The third kappa shape index (κ3) is 3.18. The van der Waals surface area contributed by atoms with E-state index in [9.17, 15) is 14.4 Å². The number of aryl methyl sites for hydroxylation is 1. The summed E-state index contributed by atoms with van der Waals surface area (Å²) in [6, 6.07) is 5.03. The lowest BCUT2D eigenvalue weighted by atomic mass is 10.1. The van der Waals surface area contributed by atoms with Crippen molar-refractivity contribution in [3.8, 4) is 11.8 Å². The Kier molecular flexibility index (Phi) is 4.19. The van der Waals surface area contributed by atoms with E-state index in [4.69, 9.17) is 4.84 Å². The highest BCUT2D eigenvalue weighted by molar-refractivity contribution is 6.03. The molecule has 1 aromatic rings. The van der Waals surface area contributed by atoms with Gasteiger partial charge in [-0.25, -0.2) is 4.79 Å². The minimum absolute atomic E-state index is 0.0654. The van der Waals surface area contributed by atoms with E-state index in [0.29, 0.717) is 16.2 Å². The Labute approximate surface area is 122 Å². The standard InChI is InChI=1S/C16H13NO4/c1-3-4-5-12-7-6-11(2)13(10-12)16(20)21-17-14(18)8-9-15(17)19/h3,6-7,10H,1,8-9H2,2H3. The molecule has 21 heavy (non-hydrogen) atoms. The summed E-state index contributed by atoms with van der Waals surface area (Å²) < 4.78 is 0. The van der Waals surface area contributed by atoms with Gasteiger partial charge < -0.3 is 4.84 Å². The van der Waals surface area contributed by atoms with Crippen LogP contribution in [-0.4, -0.2) is 22.8 Å². The van der Waals surface area contributed by atoms with Crippen LogP contribution in [0.5, 0.6) is 0 Å². The van der Waals surface area contributed by atoms with E-state index < -0.39 is 17.8 Å². The van der Waals surface area contributed by atoms with Crippen LogP contribution in [-0.2, 0) is 14.4 Å². The van der Waals surface area contributed by atoms with Gasteiger partial charge in [-0.2, -0.15) is 0 Å². The van der Waals surface area contributed by atoms with Gasteiger partial charge in [-0.3, -0.25) is 9.59 Å². The highest BCUT2D eigenvalue weighted by atomic mass is 16.7. The van der Waals surface area contributed by atoms with Crippen LogP contribution in [0, 0.1) is 18.8 Å². The minimum atomic E-state index is -0.752. The molecule has 5 heteroatoms. The van der Waals surface area contributed by atoms with Crippen LogP contribution in [0.3, 0.4) is 0 Å². The molecule has 0 radical (unpaired) electrons. The molecule has 0 atom stereocenters. The van der Waals surface area contributed by atoms with Gasteiger partial charge in [-0.15, -0.1) is 5.06 Å². The van der Waals surface area contributed by atoms with Crippen LogP contribution < -0.4 is 0 Å². The molecule has 5 nitrogen and oxygen atoms in total. The fraction of sp³-hybridized carbons (Fsp3) is 0.188. The normalized spacial score (nSPS) is 13.7. The van der Waals surface area contributed by atoms with Gasteiger partial charge >= 0.3 is 5.97 Å². The molecule has 0 spiro atoms. The van der Waals surface area contributed by atoms with Crippen LogP contribution in [0.2, 0.25) is 0 Å². The second-order valence-electron chi connectivity index (χ2n) is 4.46. The second kappa shape index (κ2) is 6.06. The number of hydrogen-bond acceptors (Lipinski definition) is 4. The molecule has 1 heterocycles. The SMILES string of the molecule is C=CC#Cc1ccc(C)c(C(=O)ON2C(=O)CCC2=O)c1.